The summed E-state index contributed by atoms with van der Waals surface area (Å²) in [6.45, 7) is 5.10. The van der Waals surface area contributed by atoms with Crippen LogP contribution in [0.15, 0.2) is 0 Å². The molecule has 1 aromatic rings. The highest BCUT2D eigenvalue weighted by atomic mass is 16.6. The molecule has 1 fully saturated rings. The Morgan fingerprint density at radius 3 is 2.23 bits per heavy atom. The average molecular weight is 427 g/mol. The van der Waals surface area contributed by atoms with E-state index >= 15 is 0 Å². The van der Waals surface area contributed by atoms with Crippen molar-refractivity contribution in [2.75, 3.05) is 33.9 Å². The van der Waals surface area contributed by atoms with Crippen molar-refractivity contribution >= 4 is 5.97 Å². The van der Waals surface area contributed by atoms with Crippen molar-refractivity contribution in [3.8, 4) is 17.2 Å². The Balaban J connectivity index is 2.25. The van der Waals surface area contributed by atoms with Crippen LogP contribution in [0.4, 0.5) is 0 Å². The van der Waals surface area contributed by atoms with E-state index in [1.54, 1.807) is 0 Å². The van der Waals surface area contributed by atoms with E-state index in [2.05, 4.69) is 0 Å². The van der Waals surface area contributed by atoms with Gasteiger partial charge in [-0.15, -0.1) is 0 Å². The fourth-order valence-corrected chi connectivity index (χ4v) is 4.14. The number of benzene rings is 1. The second-order valence-corrected chi connectivity index (χ2v) is 7.27. The molecule has 1 saturated heterocycles. The van der Waals surface area contributed by atoms with Gasteiger partial charge in [0.25, 0.3) is 0 Å². The van der Waals surface area contributed by atoms with Crippen molar-refractivity contribution in [3.63, 3.8) is 0 Å². The van der Waals surface area contributed by atoms with E-state index in [9.17, 15) is 25.2 Å². The van der Waals surface area contributed by atoms with Crippen LogP contribution in [0.5, 0.6) is 17.2 Å². The molecule has 2 heterocycles. The van der Waals surface area contributed by atoms with Gasteiger partial charge in [0.1, 0.15) is 24.4 Å². The van der Waals surface area contributed by atoms with Crippen LogP contribution in [0.3, 0.4) is 0 Å². The van der Waals surface area contributed by atoms with Crippen LogP contribution in [0.2, 0.25) is 0 Å². The lowest BCUT2D eigenvalue weighted by Gasteiger charge is -2.45. The van der Waals surface area contributed by atoms with Crippen LogP contribution in [0.1, 0.15) is 41.4 Å². The highest BCUT2D eigenvalue weighted by Gasteiger charge is 2.53. The second-order valence-electron chi connectivity index (χ2n) is 7.27. The number of aliphatic hydroxyl groups excluding tert-OH is 3. The summed E-state index contributed by atoms with van der Waals surface area (Å²) in [4.78, 5) is 15.0. The number of fused-ring (bicyclic) bond motifs is 3. The third-order valence-electron chi connectivity index (χ3n) is 5.80. The molecule has 0 bridgehead atoms. The van der Waals surface area contributed by atoms with Crippen molar-refractivity contribution in [2.24, 2.45) is 0 Å². The van der Waals surface area contributed by atoms with Crippen LogP contribution in [0.25, 0.3) is 0 Å². The summed E-state index contributed by atoms with van der Waals surface area (Å²) in [6, 6.07) is 0. The standard InChI is InChI=1S/C20H29NO9/c1-5-21(6-2)7-9-11-12(14(24)18(28-4)16(9)27-3)17-19(30-20(11)26)15(25)13(23)10(8-22)29-17/h10,13,15,17,19,22-25H,5-8H2,1-4H3. The Bertz CT molecular complexity index is 795. The molecule has 0 aliphatic carbocycles. The van der Waals surface area contributed by atoms with Crippen LogP contribution in [0, 0.1) is 0 Å². The minimum Gasteiger partial charge on any atom is -0.504 e. The van der Waals surface area contributed by atoms with Crippen LogP contribution in [-0.2, 0) is 16.0 Å². The second kappa shape index (κ2) is 8.94. The number of hydrogen-bond donors (Lipinski definition) is 4. The molecule has 3 rings (SSSR count). The average Bonchev–Trinajstić information content (AvgIpc) is 2.75. The Hall–Kier alpha value is -2.11. The summed E-state index contributed by atoms with van der Waals surface area (Å²) in [5.41, 5.74) is 0.609. The summed E-state index contributed by atoms with van der Waals surface area (Å²) in [6.07, 6.45) is -6.44. The Morgan fingerprint density at radius 1 is 1.07 bits per heavy atom. The molecular weight excluding hydrogens is 398 g/mol. The number of carbonyl (C=O) groups is 1. The molecule has 10 nitrogen and oxygen atoms in total. The predicted octanol–water partition coefficient (Wildman–Crippen LogP) is -0.0558. The van der Waals surface area contributed by atoms with Gasteiger partial charge in [-0.2, -0.15) is 0 Å². The zero-order chi connectivity index (χ0) is 22.2. The smallest absolute Gasteiger partial charge is 0.339 e. The van der Waals surface area contributed by atoms with E-state index in [4.69, 9.17) is 18.9 Å². The van der Waals surface area contributed by atoms with Crippen molar-refractivity contribution in [1.82, 2.24) is 4.90 Å². The van der Waals surface area contributed by atoms with E-state index < -0.39 is 43.1 Å². The number of phenols is 1. The molecule has 5 unspecified atom stereocenters. The number of ether oxygens (including phenoxy) is 4. The molecule has 0 spiro atoms. The third-order valence-corrected chi connectivity index (χ3v) is 5.80. The molecule has 1 aromatic carbocycles. The quantitative estimate of drug-likeness (QED) is 0.438. The van der Waals surface area contributed by atoms with E-state index in [0.717, 1.165) is 0 Å². The number of esters is 1. The lowest BCUT2D eigenvalue weighted by Crippen LogP contribution is -2.58. The summed E-state index contributed by atoms with van der Waals surface area (Å²) < 4.78 is 22.0. The minimum absolute atomic E-state index is 0.0246. The molecule has 0 amide bonds. The van der Waals surface area contributed by atoms with Gasteiger partial charge in [-0.25, -0.2) is 4.79 Å². The summed E-state index contributed by atoms with van der Waals surface area (Å²) >= 11 is 0. The van der Waals surface area contributed by atoms with Gasteiger partial charge in [0, 0.05) is 17.7 Å². The molecule has 2 aliphatic rings. The molecule has 5 atom stereocenters. The Morgan fingerprint density at radius 2 is 1.70 bits per heavy atom. The summed E-state index contributed by atoms with van der Waals surface area (Å²) in [5, 5.41) is 41.1. The fourth-order valence-electron chi connectivity index (χ4n) is 4.14. The number of hydrogen-bond acceptors (Lipinski definition) is 10. The van der Waals surface area contributed by atoms with Crippen molar-refractivity contribution < 1.29 is 44.2 Å². The first-order chi connectivity index (χ1) is 14.3. The molecule has 168 valence electrons. The largest absolute Gasteiger partial charge is 0.504 e. The van der Waals surface area contributed by atoms with Gasteiger partial charge >= 0.3 is 5.97 Å². The van der Waals surface area contributed by atoms with Gasteiger partial charge < -0.3 is 39.4 Å². The Labute approximate surface area is 174 Å². The molecular formula is C20H29NO9. The summed E-state index contributed by atoms with van der Waals surface area (Å²) in [7, 11) is 2.77. The molecule has 4 N–H and O–H groups in total. The topological polar surface area (TPSA) is 138 Å². The number of nitrogens with zero attached hydrogens (tertiary/aromatic N) is 1. The predicted molar refractivity (Wildman–Crippen MR) is 104 cm³/mol. The maximum absolute atomic E-state index is 13.0. The van der Waals surface area contributed by atoms with E-state index in [-0.39, 0.29) is 28.4 Å². The summed E-state index contributed by atoms with van der Waals surface area (Å²) in [5.74, 6) is -0.927. The first kappa shape index (κ1) is 22.6. The molecule has 0 aromatic heterocycles. The van der Waals surface area contributed by atoms with Gasteiger partial charge in [0.05, 0.1) is 26.4 Å². The van der Waals surface area contributed by atoms with E-state index in [1.165, 1.54) is 14.2 Å². The number of aliphatic hydroxyl groups is 3. The van der Waals surface area contributed by atoms with Crippen molar-refractivity contribution in [3.05, 3.63) is 16.7 Å². The number of aromatic hydroxyl groups is 1. The zero-order valence-corrected chi connectivity index (χ0v) is 17.5. The van der Waals surface area contributed by atoms with Crippen LogP contribution in [-0.4, -0.2) is 89.6 Å². The molecule has 2 aliphatic heterocycles. The van der Waals surface area contributed by atoms with Gasteiger partial charge in [0.15, 0.2) is 17.6 Å². The number of methoxy groups -OCH3 is 2. The third kappa shape index (κ3) is 3.48. The zero-order valence-electron chi connectivity index (χ0n) is 17.5. The van der Waals surface area contributed by atoms with E-state index in [1.807, 2.05) is 18.7 Å². The highest BCUT2D eigenvalue weighted by Crippen LogP contribution is 2.52. The van der Waals surface area contributed by atoms with Gasteiger partial charge in [-0.3, -0.25) is 4.90 Å². The van der Waals surface area contributed by atoms with Gasteiger partial charge in [-0.1, -0.05) is 13.8 Å². The van der Waals surface area contributed by atoms with Crippen molar-refractivity contribution in [2.45, 2.75) is 50.9 Å². The maximum atomic E-state index is 13.0. The SMILES string of the molecule is CCN(CC)Cc1c(OC)c(OC)c(O)c2c1C(=O)OC1C2OC(CO)C(O)C1O. The van der Waals surface area contributed by atoms with Gasteiger partial charge in [-0.05, 0) is 13.1 Å². The minimum atomic E-state index is -1.50. The lowest BCUT2D eigenvalue weighted by molar-refractivity contribution is -0.235. The number of carbonyl (C=O) groups excluding carboxylic acids is 1. The molecule has 30 heavy (non-hydrogen) atoms. The first-order valence-electron chi connectivity index (χ1n) is 9.89. The fraction of sp³-hybridized carbons (Fsp3) is 0.650. The normalized spacial score (nSPS) is 28.0. The molecule has 0 saturated carbocycles. The van der Waals surface area contributed by atoms with Crippen LogP contribution < -0.4 is 9.47 Å². The van der Waals surface area contributed by atoms with Crippen LogP contribution >= 0.6 is 0 Å². The monoisotopic (exact) mass is 427 g/mol. The maximum Gasteiger partial charge on any atom is 0.339 e. The first-order valence-corrected chi connectivity index (χ1v) is 9.89. The van der Waals surface area contributed by atoms with E-state index in [0.29, 0.717) is 25.2 Å². The molecule has 10 heteroatoms. The molecule has 0 radical (unpaired) electrons. The van der Waals surface area contributed by atoms with Gasteiger partial charge in [0.2, 0.25) is 5.75 Å². The number of rotatable bonds is 7. The van der Waals surface area contributed by atoms with Crippen molar-refractivity contribution in [1.29, 1.82) is 0 Å². The number of phenolic OH excluding ortho intramolecular Hbond substituents is 1. The lowest BCUT2D eigenvalue weighted by atomic mass is 9.84. The Kier molecular flexibility index (Phi) is 6.73. The highest BCUT2D eigenvalue weighted by molar-refractivity contribution is 5.97.